The number of piperidine rings is 1. The van der Waals surface area contributed by atoms with Crippen molar-refractivity contribution in [2.45, 2.75) is 38.4 Å². The second-order valence-corrected chi connectivity index (χ2v) is 8.00. The molecular weight excluding hydrogens is 383 g/mol. The van der Waals surface area contributed by atoms with E-state index in [1.165, 1.54) is 12.1 Å². The highest BCUT2D eigenvalue weighted by molar-refractivity contribution is 5.94. The summed E-state index contributed by atoms with van der Waals surface area (Å²) in [7, 11) is 0. The van der Waals surface area contributed by atoms with Gasteiger partial charge in [-0.05, 0) is 49.2 Å². The highest BCUT2D eigenvalue weighted by Gasteiger charge is 2.29. The Labute approximate surface area is 177 Å². The minimum atomic E-state index is -0.241. The summed E-state index contributed by atoms with van der Waals surface area (Å²) in [5.74, 6) is 0.334. The monoisotopic (exact) mass is 412 g/mol. The van der Waals surface area contributed by atoms with Crippen LogP contribution in [0.4, 0.5) is 10.2 Å². The summed E-state index contributed by atoms with van der Waals surface area (Å²) in [5, 5.41) is 3.02. The van der Waals surface area contributed by atoms with Gasteiger partial charge in [0.25, 0.3) is 0 Å². The highest BCUT2D eigenvalue weighted by Crippen LogP contribution is 2.21. The largest absolute Gasteiger partial charge is 0.379 e. The number of pyridine rings is 1. The van der Waals surface area contributed by atoms with Crippen LogP contribution in [0, 0.1) is 5.82 Å². The van der Waals surface area contributed by atoms with Gasteiger partial charge in [-0.3, -0.25) is 14.6 Å². The second kappa shape index (κ2) is 10.1. The molecule has 1 atom stereocenters. The first kappa shape index (κ1) is 20.9. The zero-order valence-corrected chi connectivity index (χ0v) is 17.2. The number of halogens is 1. The molecule has 6 nitrogen and oxygen atoms in total. The molecule has 3 heterocycles. The number of aromatic nitrogens is 1. The molecule has 1 amide bonds. The Balaban J connectivity index is 1.38. The number of hydrogen-bond donors (Lipinski definition) is 1. The van der Waals surface area contributed by atoms with Gasteiger partial charge in [-0.1, -0.05) is 24.6 Å². The van der Waals surface area contributed by atoms with E-state index in [4.69, 9.17) is 4.74 Å². The lowest BCUT2D eigenvalue weighted by Crippen LogP contribution is -2.46. The molecular formula is C23H29FN4O2. The molecule has 1 aromatic heterocycles. The van der Waals surface area contributed by atoms with E-state index >= 15 is 0 Å². The average Bonchev–Trinajstić information content (AvgIpc) is 2.77. The molecule has 7 heteroatoms. The van der Waals surface area contributed by atoms with E-state index in [0.29, 0.717) is 12.4 Å². The first-order valence-electron chi connectivity index (χ1n) is 10.7. The standard InChI is InChI=1S/C23H29FN4O2/c24-19-9-7-18(8-10-19)16-28-11-2-1-5-21(28)23(29)26-22-6-3-4-20(25-22)17-27-12-14-30-15-13-27/h3-4,6-10,21H,1-2,5,11-17H2,(H,25,26,29). The fraction of sp³-hybridized carbons (Fsp3) is 0.478. The van der Waals surface area contributed by atoms with Crippen molar-refractivity contribution in [3.05, 3.63) is 59.5 Å². The number of hydrogen-bond acceptors (Lipinski definition) is 5. The van der Waals surface area contributed by atoms with Crippen molar-refractivity contribution >= 4 is 11.7 Å². The number of carbonyl (C=O) groups excluding carboxylic acids is 1. The topological polar surface area (TPSA) is 57.7 Å². The number of ether oxygens (including phenoxy) is 1. The minimum Gasteiger partial charge on any atom is -0.379 e. The maximum atomic E-state index is 13.2. The summed E-state index contributed by atoms with van der Waals surface area (Å²) in [4.78, 5) is 22.2. The number of nitrogens with one attached hydrogen (secondary N) is 1. The summed E-state index contributed by atoms with van der Waals surface area (Å²) < 4.78 is 18.6. The molecule has 2 fully saturated rings. The summed E-state index contributed by atoms with van der Waals surface area (Å²) in [6.45, 7) is 5.57. The van der Waals surface area contributed by atoms with Crippen molar-refractivity contribution in [1.82, 2.24) is 14.8 Å². The third-order valence-electron chi connectivity index (χ3n) is 5.76. The number of likely N-dealkylation sites (tertiary alicyclic amines) is 1. The van der Waals surface area contributed by atoms with Gasteiger partial charge < -0.3 is 10.1 Å². The molecule has 0 aliphatic carbocycles. The van der Waals surface area contributed by atoms with E-state index in [1.54, 1.807) is 12.1 Å². The van der Waals surface area contributed by atoms with Crippen LogP contribution < -0.4 is 5.32 Å². The lowest BCUT2D eigenvalue weighted by atomic mass is 10.0. The van der Waals surface area contributed by atoms with E-state index in [0.717, 1.165) is 69.9 Å². The van der Waals surface area contributed by atoms with Gasteiger partial charge in [0.1, 0.15) is 11.6 Å². The van der Waals surface area contributed by atoms with Crippen LogP contribution in [0.25, 0.3) is 0 Å². The molecule has 2 aromatic rings. The number of anilines is 1. The van der Waals surface area contributed by atoms with Crippen molar-refractivity contribution < 1.29 is 13.9 Å². The number of benzene rings is 1. The van der Waals surface area contributed by atoms with Crippen LogP contribution in [0.2, 0.25) is 0 Å². The normalized spacial score (nSPS) is 20.8. The van der Waals surface area contributed by atoms with Gasteiger partial charge >= 0.3 is 0 Å². The van der Waals surface area contributed by atoms with Crippen molar-refractivity contribution in [2.75, 3.05) is 38.2 Å². The quantitative estimate of drug-likeness (QED) is 0.790. The van der Waals surface area contributed by atoms with Crippen LogP contribution in [0.15, 0.2) is 42.5 Å². The van der Waals surface area contributed by atoms with Gasteiger partial charge in [-0.2, -0.15) is 0 Å². The Bertz CT molecular complexity index is 839. The number of amides is 1. The van der Waals surface area contributed by atoms with Crippen LogP contribution in [-0.4, -0.2) is 59.6 Å². The second-order valence-electron chi connectivity index (χ2n) is 8.00. The van der Waals surface area contributed by atoms with Crippen LogP contribution in [0.5, 0.6) is 0 Å². The molecule has 1 aromatic carbocycles. The molecule has 160 valence electrons. The van der Waals surface area contributed by atoms with Crippen molar-refractivity contribution in [1.29, 1.82) is 0 Å². The summed E-state index contributed by atoms with van der Waals surface area (Å²) in [6, 6.07) is 12.1. The van der Waals surface area contributed by atoms with Crippen molar-refractivity contribution in [2.24, 2.45) is 0 Å². The predicted molar refractivity (Wildman–Crippen MR) is 113 cm³/mol. The summed E-state index contributed by atoms with van der Waals surface area (Å²) in [6.07, 6.45) is 2.92. The fourth-order valence-corrected chi connectivity index (χ4v) is 4.14. The summed E-state index contributed by atoms with van der Waals surface area (Å²) in [5.41, 5.74) is 1.96. The predicted octanol–water partition coefficient (Wildman–Crippen LogP) is 3.05. The fourth-order valence-electron chi connectivity index (χ4n) is 4.14. The molecule has 1 N–H and O–H groups in total. The van der Waals surface area contributed by atoms with Gasteiger partial charge in [0.2, 0.25) is 5.91 Å². The van der Waals surface area contributed by atoms with Crippen LogP contribution in [0.1, 0.15) is 30.5 Å². The van der Waals surface area contributed by atoms with Gasteiger partial charge in [0.05, 0.1) is 24.9 Å². The van der Waals surface area contributed by atoms with Crippen molar-refractivity contribution in [3.63, 3.8) is 0 Å². The molecule has 0 spiro atoms. The van der Waals surface area contributed by atoms with E-state index in [2.05, 4.69) is 20.1 Å². The molecule has 4 rings (SSSR count). The lowest BCUT2D eigenvalue weighted by Gasteiger charge is -2.34. The Kier molecular flexibility index (Phi) is 7.04. The maximum absolute atomic E-state index is 13.2. The molecule has 0 radical (unpaired) electrons. The molecule has 0 bridgehead atoms. The van der Waals surface area contributed by atoms with Crippen LogP contribution >= 0.6 is 0 Å². The summed E-state index contributed by atoms with van der Waals surface area (Å²) >= 11 is 0. The zero-order valence-electron chi connectivity index (χ0n) is 17.2. The van der Waals surface area contributed by atoms with E-state index in [9.17, 15) is 9.18 Å². The number of morpholine rings is 1. The smallest absolute Gasteiger partial charge is 0.242 e. The Morgan fingerprint density at radius 2 is 1.87 bits per heavy atom. The van der Waals surface area contributed by atoms with Crippen molar-refractivity contribution in [3.8, 4) is 0 Å². The molecule has 30 heavy (non-hydrogen) atoms. The highest BCUT2D eigenvalue weighted by atomic mass is 19.1. The SMILES string of the molecule is O=C(Nc1cccc(CN2CCOCC2)n1)C1CCCCN1Cc1ccc(F)cc1. The van der Waals surface area contributed by atoms with Crippen LogP contribution in [-0.2, 0) is 22.6 Å². The van der Waals surface area contributed by atoms with E-state index < -0.39 is 0 Å². The first-order valence-corrected chi connectivity index (χ1v) is 10.7. The first-order chi connectivity index (χ1) is 14.7. The lowest BCUT2D eigenvalue weighted by molar-refractivity contribution is -0.122. The molecule has 2 aliphatic heterocycles. The Morgan fingerprint density at radius 1 is 1.07 bits per heavy atom. The Hall–Kier alpha value is -2.35. The molecule has 2 aliphatic rings. The third-order valence-corrected chi connectivity index (χ3v) is 5.76. The number of carbonyl (C=O) groups is 1. The van der Waals surface area contributed by atoms with Crippen LogP contribution in [0.3, 0.4) is 0 Å². The molecule has 2 saturated heterocycles. The zero-order chi connectivity index (χ0) is 20.8. The third kappa shape index (κ3) is 5.62. The van der Waals surface area contributed by atoms with E-state index in [1.807, 2.05) is 18.2 Å². The van der Waals surface area contributed by atoms with Gasteiger partial charge in [-0.15, -0.1) is 0 Å². The average molecular weight is 413 g/mol. The van der Waals surface area contributed by atoms with Gasteiger partial charge in [0.15, 0.2) is 0 Å². The maximum Gasteiger partial charge on any atom is 0.242 e. The number of rotatable bonds is 6. The van der Waals surface area contributed by atoms with E-state index in [-0.39, 0.29) is 17.8 Å². The molecule has 1 unspecified atom stereocenters. The Morgan fingerprint density at radius 3 is 2.67 bits per heavy atom. The van der Waals surface area contributed by atoms with Gasteiger partial charge in [-0.25, -0.2) is 9.37 Å². The minimum absolute atomic E-state index is 0.0205. The molecule has 0 saturated carbocycles. The number of nitrogens with zero attached hydrogens (tertiary/aromatic N) is 3. The van der Waals surface area contributed by atoms with Gasteiger partial charge in [0, 0.05) is 26.2 Å².